The number of ether oxygens (including phenoxy) is 2. The summed E-state index contributed by atoms with van der Waals surface area (Å²) >= 11 is 0. The lowest BCUT2D eigenvalue weighted by atomic mass is 10.2. The first kappa shape index (κ1) is 15.6. The molecule has 2 rings (SSSR count). The summed E-state index contributed by atoms with van der Waals surface area (Å²) in [6, 6.07) is 7.49. The third-order valence-corrected chi connectivity index (χ3v) is 3.31. The van der Waals surface area contributed by atoms with Crippen LogP contribution in [0.1, 0.15) is 5.56 Å². The van der Waals surface area contributed by atoms with E-state index in [4.69, 9.17) is 9.47 Å². The summed E-state index contributed by atoms with van der Waals surface area (Å²) in [5.41, 5.74) is 1.18. The van der Waals surface area contributed by atoms with E-state index in [1.165, 1.54) is 5.56 Å². The molecule has 0 aliphatic carbocycles. The van der Waals surface area contributed by atoms with E-state index in [0.29, 0.717) is 6.54 Å². The van der Waals surface area contributed by atoms with E-state index >= 15 is 0 Å². The predicted octanol–water partition coefficient (Wildman–Crippen LogP) is 0.963. The van der Waals surface area contributed by atoms with Gasteiger partial charge in [-0.25, -0.2) is 4.79 Å². The van der Waals surface area contributed by atoms with E-state index < -0.39 is 0 Å². The number of urea groups is 1. The van der Waals surface area contributed by atoms with Crippen molar-refractivity contribution in [1.82, 2.24) is 15.5 Å². The molecule has 2 amide bonds. The molecule has 0 atom stereocenters. The van der Waals surface area contributed by atoms with Crippen LogP contribution in [0.15, 0.2) is 24.3 Å². The molecule has 0 saturated carbocycles. The van der Waals surface area contributed by atoms with Gasteiger partial charge in [-0.2, -0.15) is 0 Å². The van der Waals surface area contributed by atoms with Crippen molar-refractivity contribution in [2.75, 3.05) is 46.1 Å². The van der Waals surface area contributed by atoms with Crippen molar-refractivity contribution in [2.24, 2.45) is 0 Å². The summed E-state index contributed by atoms with van der Waals surface area (Å²) in [6.07, 6.45) is 0. The maximum absolute atomic E-state index is 11.6. The van der Waals surface area contributed by atoms with Crippen LogP contribution in [0.3, 0.4) is 0 Å². The molecule has 1 aliphatic heterocycles. The lowest BCUT2D eigenvalue weighted by Gasteiger charge is -2.26. The third kappa shape index (κ3) is 6.01. The van der Waals surface area contributed by atoms with Crippen LogP contribution in [0.2, 0.25) is 0 Å². The summed E-state index contributed by atoms with van der Waals surface area (Å²) in [4.78, 5) is 13.9. The highest BCUT2D eigenvalue weighted by Gasteiger charge is 2.09. The van der Waals surface area contributed by atoms with Crippen molar-refractivity contribution in [3.63, 3.8) is 0 Å². The van der Waals surface area contributed by atoms with Gasteiger partial charge in [-0.1, -0.05) is 17.7 Å². The Morgan fingerprint density at radius 3 is 2.67 bits per heavy atom. The molecule has 0 spiro atoms. The molecule has 6 nitrogen and oxygen atoms in total. The molecule has 6 heteroatoms. The Hall–Kier alpha value is -1.79. The molecular weight excluding hydrogens is 270 g/mol. The second kappa shape index (κ2) is 8.49. The largest absolute Gasteiger partial charge is 0.473 e. The zero-order valence-corrected chi connectivity index (χ0v) is 12.4. The Labute approximate surface area is 125 Å². The zero-order valence-electron chi connectivity index (χ0n) is 12.4. The van der Waals surface area contributed by atoms with E-state index in [9.17, 15) is 4.79 Å². The highest BCUT2D eigenvalue weighted by atomic mass is 16.5. The Bertz CT molecular complexity index is 430. The number of rotatable bonds is 6. The van der Waals surface area contributed by atoms with Gasteiger partial charge >= 0.3 is 6.03 Å². The van der Waals surface area contributed by atoms with Crippen molar-refractivity contribution >= 4 is 6.03 Å². The number of nitrogens with zero attached hydrogens (tertiary/aromatic N) is 1. The predicted molar refractivity (Wildman–Crippen MR) is 80.5 cm³/mol. The quantitative estimate of drug-likeness (QED) is 0.767. The minimum atomic E-state index is -0.213. The maximum atomic E-state index is 11.6. The number of carbonyl (C=O) groups is 1. The number of carbonyl (C=O) groups excluding carboxylic acids is 1. The van der Waals surface area contributed by atoms with Crippen molar-refractivity contribution < 1.29 is 14.3 Å². The van der Waals surface area contributed by atoms with Gasteiger partial charge < -0.3 is 20.1 Å². The second-order valence-electron chi connectivity index (χ2n) is 4.99. The molecule has 2 N–H and O–H groups in total. The van der Waals surface area contributed by atoms with Crippen LogP contribution in [0.5, 0.6) is 5.75 Å². The summed E-state index contributed by atoms with van der Waals surface area (Å²) in [5.74, 6) is 0.745. The number of nitrogens with one attached hydrogen (secondary N) is 2. The molecule has 1 heterocycles. The molecule has 0 aromatic heterocycles. The highest BCUT2D eigenvalue weighted by molar-refractivity contribution is 5.73. The normalized spacial score (nSPS) is 15.5. The molecule has 1 fully saturated rings. The van der Waals surface area contributed by atoms with Crippen molar-refractivity contribution in [2.45, 2.75) is 6.92 Å². The van der Waals surface area contributed by atoms with Crippen LogP contribution < -0.4 is 15.4 Å². The minimum absolute atomic E-state index is 0.159. The first-order valence-corrected chi connectivity index (χ1v) is 7.25. The lowest BCUT2D eigenvalue weighted by molar-refractivity contribution is 0.0387. The maximum Gasteiger partial charge on any atom is 0.317 e. The summed E-state index contributed by atoms with van der Waals surface area (Å²) in [5, 5.41) is 5.48. The summed E-state index contributed by atoms with van der Waals surface area (Å²) < 4.78 is 10.7. The fourth-order valence-corrected chi connectivity index (χ4v) is 2.03. The zero-order chi connectivity index (χ0) is 14.9. The minimum Gasteiger partial charge on any atom is -0.473 e. The van der Waals surface area contributed by atoms with Gasteiger partial charge in [-0.15, -0.1) is 0 Å². The van der Waals surface area contributed by atoms with Gasteiger partial charge in [-0.3, -0.25) is 4.90 Å². The standard InChI is InChI=1S/C15H23N3O3/c1-13-2-4-14(5-3-13)21-12-17-15(19)16-6-7-18-8-10-20-11-9-18/h2-5H,6-12H2,1H3,(H2,16,17,19). The smallest absolute Gasteiger partial charge is 0.317 e. The SMILES string of the molecule is Cc1ccc(OCNC(=O)NCCN2CCOCC2)cc1. The van der Waals surface area contributed by atoms with Gasteiger partial charge in [0.05, 0.1) is 13.2 Å². The van der Waals surface area contributed by atoms with Crippen LogP contribution >= 0.6 is 0 Å². The van der Waals surface area contributed by atoms with Gasteiger partial charge in [0.2, 0.25) is 0 Å². The van der Waals surface area contributed by atoms with Gasteiger partial charge in [0.25, 0.3) is 0 Å². The van der Waals surface area contributed by atoms with Crippen LogP contribution in [-0.4, -0.2) is 57.1 Å². The molecule has 1 saturated heterocycles. The number of aryl methyl sites for hydroxylation is 1. The average Bonchev–Trinajstić information content (AvgIpc) is 2.50. The van der Waals surface area contributed by atoms with Gasteiger partial charge in [0.15, 0.2) is 6.73 Å². The number of benzene rings is 1. The molecule has 1 aromatic rings. The second-order valence-corrected chi connectivity index (χ2v) is 4.99. The van der Waals surface area contributed by atoms with Crippen molar-refractivity contribution in [3.05, 3.63) is 29.8 Å². The van der Waals surface area contributed by atoms with E-state index in [2.05, 4.69) is 15.5 Å². The Morgan fingerprint density at radius 1 is 1.24 bits per heavy atom. The summed E-state index contributed by atoms with van der Waals surface area (Å²) in [7, 11) is 0. The van der Waals surface area contributed by atoms with Gasteiger partial charge in [0, 0.05) is 26.2 Å². The van der Waals surface area contributed by atoms with Gasteiger partial charge in [-0.05, 0) is 19.1 Å². The van der Waals surface area contributed by atoms with Crippen LogP contribution in [0.25, 0.3) is 0 Å². The molecule has 116 valence electrons. The van der Waals surface area contributed by atoms with E-state index in [1.807, 2.05) is 31.2 Å². The van der Waals surface area contributed by atoms with Crippen LogP contribution in [0, 0.1) is 6.92 Å². The molecule has 1 aromatic carbocycles. The molecule has 0 bridgehead atoms. The Balaban J connectivity index is 1.54. The van der Waals surface area contributed by atoms with E-state index in [-0.39, 0.29) is 12.8 Å². The van der Waals surface area contributed by atoms with Gasteiger partial charge in [0.1, 0.15) is 5.75 Å². The Kier molecular flexibility index (Phi) is 6.30. The lowest BCUT2D eigenvalue weighted by Crippen LogP contribution is -2.44. The topological polar surface area (TPSA) is 62.8 Å². The molecule has 1 aliphatic rings. The highest BCUT2D eigenvalue weighted by Crippen LogP contribution is 2.10. The number of morpholine rings is 1. The molecule has 21 heavy (non-hydrogen) atoms. The fraction of sp³-hybridized carbons (Fsp3) is 0.533. The van der Waals surface area contributed by atoms with Crippen LogP contribution in [0.4, 0.5) is 4.79 Å². The Morgan fingerprint density at radius 2 is 1.95 bits per heavy atom. The molecule has 0 radical (unpaired) electrons. The fourth-order valence-electron chi connectivity index (χ4n) is 2.03. The average molecular weight is 293 g/mol. The monoisotopic (exact) mass is 293 g/mol. The van der Waals surface area contributed by atoms with Crippen molar-refractivity contribution in [3.8, 4) is 5.75 Å². The first-order valence-electron chi connectivity index (χ1n) is 7.25. The molecule has 0 unspecified atom stereocenters. The van der Waals surface area contributed by atoms with E-state index in [0.717, 1.165) is 38.6 Å². The van der Waals surface area contributed by atoms with E-state index in [1.54, 1.807) is 0 Å². The first-order chi connectivity index (χ1) is 10.2. The third-order valence-electron chi connectivity index (χ3n) is 3.31. The van der Waals surface area contributed by atoms with Crippen molar-refractivity contribution in [1.29, 1.82) is 0 Å². The number of amides is 2. The van der Waals surface area contributed by atoms with Crippen LogP contribution in [-0.2, 0) is 4.74 Å². The number of hydrogen-bond acceptors (Lipinski definition) is 4. The molecular formula is C15H23N3O3. The summed E-state index contributed by atoms with van der Waals surface area (Å²) in [6.45, 7) is 7.05. The number of hydrogen-bond donors (Lipinski definition) is 2.